The molecule has 0 bridgehead atoms. The van der Waals surface area contributed by atoms with E-state index in [1.54, 1.807) is 0 Å². The highest BCUT2D eigenvalue weighted by Gasteiger charge is 2.11. The Labute approximate surface area is 68.4 Å². The van der Waals surface area contributed by atoms with Crippen molar-refractivity contribution in [2.75, 3.05) is 6.61 Å². The lowest BCUT2D eigenvalue weighted by molar-refractivity contribution is 0.230. The summed E-state index contributed by atoms with van der Waals surface area (Å²) in [6.07, 6.45) is 3.37. The maximum absolute atomic E-state index is 8.72. The van der Waals surface area contributed by atoms with Crippen LogP contribution in [0.1, 0.15) is 33.1 Å². The first-order chi connectivity index (χ1) is 4.72. The van der Waals surface area contributed by atoms with Crippen LogP contribution in [0.4, 0.5) is 0 Å². The van der Waals surface area contributed by atoms with E-state index in [1.807, 2.05) is 6.92 Å². The summed E-state index contributed by atoms with van der Waals surface area (Å²) in [5.41, 5.74) is 0. The molecule has 0 aromatic rings. The zero-order chi connectivity index (χ0) is 7.98. The van der Waals surface area contributed by atoms with Crippen LogP contribution in [-0.4, -0.2) is 17.1 Å². The van der Waals surface area contributed by atoms with Gasteiger partial charge in [0.1, 0.15) is 0 Å². The summed E-state index contributed by atoms with van der Waals surface area (Å²) >= 11 is 5.95. The first-order valence-electron chi connectivity index (χ1n) is 3.97. The van der Waals surface area contributed by atoms with Crippen molar-refractivity contribution in [2.45, 2.75) is 38.5 Å². The van der Waals surface area contributed by atoms with Gasteiger partial charge in [-0.25, -0.2) is 0 Å². The van der Waals surface area contributed by atoms with Gasteiger partial charge in [0.25, 0.3) is 0 Å². The highest BCUT2D eigenvalue weighted by molar-refractivity contribution is 6.20. The fourth-order valence-electron chi connectivity index (χ4n) is 0.798. The molecule has 0 aliphatic rings. The first kappa shape index (κ1) is 10.2. The van der Waals surface area contributed by atoms with Gasteiger partial charge in [-0.3, -0.25) is 0 Å². The minimum atomic E-state index is 0.157. The number of aliphatic hydroxyl groups excluding tert-OH is 1. The molecule has 1 nitrogen and oxygen atoms in total. The number of halogens is 1. The number of rotatable bonds is 5. The molecule has 0 radical (unpaired) electrons. The predicted molar refractivity (Wildman–Crippen MR) is 45.4 cm³/mol. The Morgan fingerprint density at radius 3 is 2.50 bits per heavy atom. The lowest BCUT2D eigenvalue weighted by Gasteiger charge is -2.14. The van der Waals surface area contributed by atoms with Crippen LogP contribution in [0.3, 0.4) is 0 Å². The van der Waals surface area contributed by atoms with Crippen molar-refractivity contribution >= 4 is 11.6 Å². The Morgan fingerprint density at radius 1 is 1.50 bits per heavy atom. The van der Waals surface area contributed by atoms with E-state index in [-0.39, 0.29) is 17.9 Å². The van der Waals surface area contributed by atoms with Crippen molar-refractivity contribution in [3.8, 4) is 0 Å². The van der Waals surface area contributed by atoms with Crippen molar-refractivity contribution in [1.82, 2.24) is 0 Å². The fraction of sp³-hybridized carbons (Fsp3) is 1.00. The Bertz CT molecular complexity index is 75.7. The van der Waals surface area contributed by atoms with Crippen molar-refractivity contribution < 1.29 is 5.11 Å². The number of hydrogen-bond acceptors (Lipinski definition) is 1. The Morgan fingerprint density at radius 2 is 2.10 bits per heavy atom. The second kappa shape index (κ2) is 5.99. The van der Waals surface area contributed by atoms with E-state index in [9.17, 15) is 0 Å². The molecule has 0 aliphatic carbocycles. The topological polar surface area (TPSA) is 20.2 Å². The van der Waals surface area contributed by atoms with E-state index in [0.29, 0.717) is 0 Å². The van der Waals surface area contributed by atoms with Crippen LogP contribution in [-0.2, 0) is 0 Å². The maximum atomic E-state index is 8.72. The van der Waals surface area contributed by atoms with Crippen LogP contribution in [0.5, 0.6) is 0 Å². The van der Waals surface area contributed by atoms with E-state index < -0.39 is 0 Å². The molecular weight excluding hydrogens is 148 g/mol. The van der Waals surface area contributed by atoms with Gasteiger partial charge >= 0.3 is 0 Å². The number of alkyl halides is 1. The summed E-state index contributed by atoms with van der Waals surface area (Å²) in [4.78, 5) is 0. The summed E-state index contributed by atoms with van der Waals surface area (Å²) in [7, 11) is 0. The van der Waals surface area contributed by atoms with E-state index in [4.69, 9.17) is 16.7 Å². The van der Waals surface area contributed by atoms with Crippen molar-refractivity contribution in [2.24, 2.45) is 5.92 Å². The summed E-state index contributed by atoms with van der Waals surface area (Å²) < 4.78 is 0. The molecule has 2 unspecified atom stereocenters. The van der Waals surface area contributed by atoms with E-state index in [1.165, 1.54) is 12.8 Å². The Kier molecular flexibility index (Phi) is 6.14. The van der Waals surface area contributed by atoms with Gasteiger partial charge in [-0.15, -0.1) is 11.6 Å². The third-order valence-corrected chi connectivity index (χ3v) is 2.39. The van der Waals surface area contributed by atoms with Crippen molar-refractivity contribution in [3.05, 3.63) is 0 Å². The number of unbranched alkanes of at least 4 members (excludes halogenated alkanes) is 1. The van der Waals surface area contributed by atoms with Crippen LogP contribution < -0.4 is 0 Å². The first-order valence-corrected chi connectivity index (χ1v) is 4.41. The molecule has 0 spiro atoms. The van der Waals surface area contributed by atoms with E-state index in [2.05, 4.69) is 6.92 Å². The molecule has 0 heterocycles. The van der Waals surface area contributed by atoms with Gasteiger partial charge in [-0.1, -0.05) is 26.7 Å². The van der Waals surface area contributed by atoms with Crippen LogP contribution in [0.25, 0.3) is 0 Å². The lowest BCUT2D eigenvalue weighted by atomic mass is 10.0. The standard InChI is InChI=1S/C8H17ClO/c1-3-4-5-8(9)7(2)6-10/h7-8,10H,3-6H2,1-2H3. The normalized spacial score (nSPS) is 16.8. The molecule has 0 aromatic carbocycles. The average molecular weight is 165 g/mol. The average Bonchev–Trinajstić information content (AvgIpc) is 1.98. The van der Waals surface area contributed by atoms with Crippen LogP contribution in [0, 0.1) is 5.92 Å². The van der Waals surface area contributed by atoms with Gasteiger partial charge in [0.05, 0.1) is 0 Å². The molecule has 0 aromatic heterocycles. The fourth-order valence-corrected chi connectivity index (χ4v) is 1.03. The predicted octanol–water partition coefficient (Wildman–Crippen LogP) is 2.41. The SMILES string of the molecule is CCCCC(Cl)C(C)CO. The summed E-state index contributed by atoms with van der Waals surface area (Å²) in [5, 5.41) is 8.88. The van der Waals surface area contributed by atoms with Gasteiger partial charge in [-0.2, -0.15) is 0 Å². The molecule has 0 saturated heterocycles. The third-order valence-electron chi connectivity index (χ3n) is 1.74. The van der Waals surface area contributed by atoms with Crippen LogP contribution >= 0.6 is 11.6 Å². The molecule has 1 N–H and O–H groups in total. The van der Waals surface area contributed by atoms with Crippen molar-refractivity contribution in [1.29, 1.82) is 0 Å². The molecule has 0 amide bonds. The van der Waals surface area contributed by atoms with Gasteiger partial charge in [0, 0.05) is 12.0 Å². The highest BCUT2D eigenvalue weighted by atomic mass is 35.5. The monoisotopic (exact) mass is 164 g/mol. The highest BCUT2D eigenvalue weighted by Crippen LogP contribution is 2.16. The summed E-state index contributed by atoms with van der Waals surface area (Å²) in [5.74, 6) is 0.244. The quantitative estimate of drug-likeness (QED) is 0.619. The van der Waals surface area contributed by atoms with E-state index in [0.717, 1.165) is 6.42 Å². The molecule has 10 heavy (non-hydrogen) atoms. The Hall–Kier alpha value is 0.250. The van der Waals surface area contributed by atoms with Gasteiger partial charge < -0.3 is 5.11 Å². The van der Waals surface area contributed by atoms with Crippen LogP contribution in [0.2, 0.25) is 0 Å². The minimum absolute atomic E-state index is 0.157. The lowest BCUT2D eigenvalue weighted by Crippen LogP contribution is -2.14. The third kappa shape index (κ3) is 4.13. The summed E-state index contributed by atoms with van der Waals surface area (Å²) in [6.45, 7) is 4.33. The molecule has 2 atom stereocenters. The van der Waals surface area contributed by atoms with Gasteiger partial charge in [0.15, 0.2) is 0 Å². The molecule has 0 rings (SSSR count). The molecular formula is C8H17ClO. The molecule has 2 heteroatoms. The van der Waals surface area contributed by atoms with Gasteiger partial charge in [0.2, 0.25) is 0 Å². The molecule has 62 valence electrons. The number of hydrogen-bond donors (Lipinski definition) is 1. The second-order valence-corrected chi connectivity index (χ2v) is 3.38. The largest absolute Gasteiger partial charge is 0.396 e. The number of aliphatic hydroxyl groups is 1. The van der Waals surface area contributed by atoms with Crippen LogP contribution in [0.15, 0.2) is 0 Å². The zero-order valence-electron chi connectivity index (χ0n) is 6.81. The summed E-state index contributed by atoms with van der Waals surface area (Å²) in [6, 6.07) is 0. The van der Waals surface area contributed by atoms with E-state index >= 15 is 0 Å². The Balaban J connectivity index is 3.31. The molecule has 0 saturated carbocycles. The van der Waals surface area contributed by atoms with Crippen molar-refractivity contribution in [3.63, 3.8) is 0 Å². The minimum Gasteiger partial charge on any atom is -0.396 e. The molecule has 0 fully saturated rings. The second-order valence-electron chi connectivity index (χ2n) is 2.82. The van der Waals surface area contributed by atoms with Gasteiger partial charge in [-0.05, 0) is 12.3 Å². The smallest absolute Gasteiger partial charge is 0.0470 e. The molecule has 0 aliphatic heterocycles. The maximum Gasteiger partial charge on any atom is 0.0470 e. The zero-order valence-corrected chi connectivity index (χ0v) is 7.56.